The zero-order valence-corrected chi connectivity index (χ0v) is 11.0. The number of unbranched alkanes of at least 4 members (excludes halogenated alkanes) is 1. The Balaban J connectivity index is 4.67. The third-order valence-electron chi connectivity index (χ3n) is 2.67. The van der Waals surface area contributed by atoms with Crippen LogP contribution < -0.4 is 0 Å². The van der Waals surface area contributed by atoms with Gasteiger partial charge in [-0.1, -0.05) is 34.1 Å². The molecule has 100 valence electrons. The smallest absolute Gasteiger partial charge is 0.342 e. The van der Waals surface area contributed by atoms with E-state index in [4.69, 9.17) is 4.74 Å². The third kappa shape index (κ3) is 4.34. The summed E-state index contributed by atoms with van der Waals surface area (Å²) in [5.74, 6) is -0.750. The van der Waals surface area contributed by atoms with E-state index in [9.17, 15) is 14.7 Å². The second kappa shape index (κ2) is 6.59. The van der Waals surface area contributed by atoms with Crippen LogP contribution in [0.15, 0.2) is 0 Å². The minimum Gasteiger partial charge on any atom is -0.464 e. The minimum absolute atomic E-state index is 0.204. The number of hydrogen-bond acceptors (Lipinski definition) is 5. The molecule has 0 aliphatic carbocycles. The van der Waals surface area contributed by atoms with E-state index in [1.165, 1.54) is 0 Å². The second-order valence-corrected chi connectivity index (χ2v) is 5.01. The molecule has 0 saturated carbocycles. The van der Waals surface area contributed by atoms with Crippen molar-refractivity contribution in [1.29, 1.82) is 0 Å². The van der Waals surface area contributed by atoms with Gasteiger partial charge in [-0.25, -0.2) is 4.79 Å². The highest BCUT2D eigenvalue weighted by atomic mass is 16.6. The maximum atomic E-state index is 11.8. The summed E-state index contributed by atoms with van der Waals surface area (Å²) in [4.78, 5) is 22.0. The standard InChI is InChI=1S/C12H22O5/c1-5-6-7-17-10(14)12(15,8-16-9-13)11(2,3)4/h9,15H,5-8H2,1-4H3. The molecular formula is C12H22O5. The van der Waals surface area contributed by atoms with Gasteiger partial charge in [0, 0.05) is 5.41 Å². The van der Waals surface area contributed by atoms with Crippen molar-refractivity contribution in [2.75, 3.05) is 13.2 Å². The monoisotopic (exact) mass is 246 g/mol. The first-order valence-electron chi connectivity index (χ1n) is 5.74. The predicted molar refractivity (Wildman–Crippen MR) is 62.3 cm³/mol. The Morgan fingerprint density at radius 1 is 1.35 bits per heavy atom. The lowest BCUT2D eigenvalue weighted by atomic mass is 9.77. The molecule has 0 aromatic rings. The molecule has 0 aromatic carbocycles. The van der Waals surface area contributed by atoms with Gasteiger partial charge in [0.2, 0.25) is 5.60 Å². The van der Waals surface area contributed by atoms with Crippen molar-refractivity contribution >= 4 is 12.4 Å². The van der Waals surface area contributed by atoms with Crippen LogP contribution in [0.2, 0.25) is 0 Å². The maximum Gasteiger partial charge on any atom is 0.342 e. The van der Waals surface area contributed by atoms with Crippen molar-refractivity contribution in [1.82, 2.24) is 0 Å². The first-order valence-corrected chi connectivity index (χ1v) is 5.74. The molecule has 5 nitrogen and oxygen atoms in total. The quantitative estimate of drug-likeness (QED) is 0.416. The molecule has 0 rings (SSSR count). The van der Waals surface area contributed by atoms with E-state index < -0.39 is 23.6 Å². The normalized spacial score (nSPS) is 14.9. The van der Waals surface area contributed by atoms with Crippen molar-refractivity contribution in [3.63, 3.8) is 0 Å². The molecule has 1 unspecified atom stereocenters. The second-order valence-electron chi connectivity index (χ2n) is 5.01. The number of carbonyl (C=O) groups excluding carboxylic acids is 2. The number of hydrogen-bond donors (Lipinski definition) is 1. The maximum absolute atomic E-state index is 11.8. The zero-order valence-electron chi connectivity index (χ0n) is 11.0. The van der Waals surface area contributed by atoms with E-state index in [1.807, 2.05) is 6.92 Å². The Bertz CT molecular complexity index is 256. The molecule has 0 aliphatic rings. The van der Waals surface area contributed by atoms with E-state index in [-0.39, 0.29) is 13.1 Å². The van der Waals surface area contributed by atoms with Crippen LogP contribution in [0.1, 0.15) is 40.5 Å². The molecule has 5 heteroatoms. The van der Waals surface area contributed by atoms with Crippen molar-refractivity contribution in [3.05, 3.63) is 0 Å². The fourth-order valence-electron chi connectivity index (χ4n) is 1.16. The number of carbonyl (C=O) groups is 2. The van der Waals surface area contributed by atoms with Crippen LogP contribution in [-0.2, 0) is 19.1 Å². The fraction of sp³-hybridized carbons (Fsp3) is 0.833. The summed E-state index contributed by atoms with van der Waals surface area (Å²) in [7, 11) is 0. The highest BCUT2D eigenvalue weighted by Crippen LogP contribution is 2.31. The van der Waals surface area contributed by atoms with Gasteiger partial charge >= 0.3 is 5.97 Å². The Kier molecular flexibility index (Phi) is 6.16. The minimum atomic E-state index is -1.82. The van der Waals surface area contributed by atoms with Gasteiger partial charge in [0.05, 0.1) is 6.61 Å². The molecule has 0 fully saturated rings. The summed E-state index contributed by atoms with van der Waals surface area (Å²) in [5, 5.41) is 10.3. The van der Waals surface area contributed by atoms with Gasteiger partial charge in [-0.3, -0.25) is 4.79 Å². The lowest BCUT2D eigenvalue weighted by Gasteiger charge is -2.36. The van der Waals surface area contributed by atoms with Gasteiger partial charge in [0.25, 0.3) is 6.47 Å². The summed E-state index contributed by atoms with van der Waals surface area (Å²) in [6.45, 7) is 7.09. The molecule has 0 bridgehead atoms. The van der Waals surface area contributed by atoms with E-state index in [1.54, 1.807) is 20.8 Å². The summed E-state index contributed by atoms with van der Waals surface area (Å²) < 4.78 is 9.51. The van der Waals surface area contributed by atoms with Gasteiger partial charge in [-0.05, 0) is 6.42 Å². The topological polar surface area (TPSA) is 72.8 Å². The largest absolute Gasteiger partial charge is 0.464 e. The Labute approximate surface area is 102 Å². The van der Waals surface area contributed by atoms with Gasteiger partial charge < -0.3 is 14.6 Å². The van der Waals surface area contributed by atoms with E-state index in [2.05, 4.69) is 4.74 Å². The SMILES string of the molecule is CCCCOC(=O)C(O)(COC=O)C(C)(C)C. The molecule has 0 amide bonds. The van der Waals surface area contributed by atoms with Gasteiger partial charge in [0.1, 0.15) is 6.61 Å². The molecule has 1 atom stereocenters. The van der Waals surface area contributed by atoms with Crippen LogP contribution in [0.25, 0.3) is 0 Å². The Morgan fingerprint density at radius 2 is 1.94 bits per heavy atom. The molecule has 0 heterocycles. The zero-order chi connectivity index (χ0) is 13.5. The van der Waals surface area contributed by atoms with Crippen molar-refractivity contribution < 1.29 is 24.2 Å². The van der Waals surface area contributed by atoms with Crippen LogP contribution in [0, 0.1) is 5.41 Å². The van der Waals surface area contributed by atoms with Gasteiger partial charge in [0.15, 0.2) is 0 Å². The fourth-order valence-corrected chi connectivity index (χ4v) is 1.16. The number of rotatable bonds is 7. The van der Waals surface area contributed by atoms with Crippen molar-refractivity contribution in [2.24, 2.45) is 5.41 Å². The van der Waals surface area contributed by atoms with Crippen LogP contribution in [0.5, 0.6) is 0 Å². The summed E-state index contributed by atoms with van der Waals surface area (Å²) >= 11 is 0. The first kappa shape index (κ1) is 15.9. The van der Waals surface area contributed by atoms with Crippen LogP contribution in [0.3, 0.4) is 0 Å². The Hall–Kier alpha value is -1.10. The average Bonchev–Trinajstić information content (AvgIpc) is 2.24. The van der Waals surface area contributed by atoms with E-state index in [0.717, 1.165) is 12.8 Å². The first-order chi connectivity index (χ1) is 7.79. The molecule has 0 saturated heterocycles. The summed E-state index contributed by atoms with van der Waals surface area (Å²) in [6, 6.07) is 0. The van der Waals surface area contributed by atoms with Gasteiger partial charge in [-0.2, -0.15) is 0 Å². The number of aliphatic hydroxyl groups is 1. The van der Waals surface area contributed by atoms with Crippen LogP contribution >= 0.6 is 0 Å². The van der Waals surface area contributed by atoms with Gasteiger partial charge in [-0.15, -0.1) is 0 Å². The lowest BCUT2D eigenvalue weighted by molar-refractivity contribution is -0.188. The molecule has 0 aromatic heterocycles. The highest BCUT2D eigenvalue weighted by Gasteiger charge is 2.49. The van der Waals surface area contributed by atoms with E-state index >= 15 is 0 Å². The predicted octanol–water partition coefficient (Wildman–Crippen LogP) is 1.28. The Morgan fingerprint density at radius 3 is 2.35 bits per heavy atom. The van der Waals surface area contributed by atoms with Crippen LogP contribution in [-0.4, -0.2) is 36.4 Å². The molecule has 0 radical (unpaired) electrons. The summed E-state index contributed by atoms with van der Waals surface area (Å²) in [6.07, 6.45) is 1.63. The van der Waals surface area contributed by atoms with Crippen molar-refractivity contribution in [2.45, 2.75) is 46.1 Å². The molecular weight excluding hydrogens is 224 g/mol. The number of ether oxygens (including phenoxy) is 2. The number of esters is 1. The molecule has 1 N–H and O–H groups in total. The van der Waals surface area contributed by atoms with E-state index in [0.29, 0.717) is 0 Å². The van der Waals surface area contributed by atoms with Crippen molar-refractivity contribution in [3.8, 4) is 0 Å². The highest BCUT2D eigenvalue weighted by molar-refractivity contribution is 5.80. The average molecular weight is 246 g/mol. The third-order valence-corrected chi connectivity index (χ3v) is 2.67. The lowest BCUT2D eigenvalue weighted by Crippen LogP contribution is -2.54. The molecule has 0 aliphatic heterocycles. The summed E-state index contributed by atoms with van der Waals surface area (Å²) in [5.41, 5.74) is -2.60. The molecule has 17 heavy (non-hydrogen) atoms. The molecule has 0 spiro atoms. The van der Waals surface area contributed by atoms with Crippen LogP contribution in [0.4, 0.5) is 0 Å².